The number of rotatable bonds is 10. The van der Waals surface area contributed by atoms with Crippen molar-refractivity contribution in [3.8, 4) is 0 Å². The standard InChI is InChI=1S/C13H27NO3/c1-12-4-3-5-13(12)14-6-7-16-10-11-17-9-8-15-2/h12-14H,3-11H2,1-2H3. The molecule has 1 N–H and O–H groups in total. The highest BCUT2D eigenvalue weighted by molar-refractivity contribution is 4.79. The summed E-state index contributed by atoms with van der Waals surface area (Å²) in [6.45, 7) is 6.69. The van der Waals surface area contributed by atoms with E-state index in [0.29, 0.717) is 32.5 Å². The van der Waals surface area contributed by atoms with Crippen LogP contribution in [0.1, 0.15) is 26.2 Å². The maximum absolute atomic E-state index is 5.48. The minimum Gasteiger partial charge on any atom is -0.382 e. The molecule has 0 aromatic heterocycles. The quantitative estimate of drug-likeness (QED) is 0.591. The predicted molar refractivity (Wildman–Crippen MR) is 68.3 cm³/mol. The van der Waals surface area contributed by atoms with E-state index < -0.39 is 0 Å². The summed E-state index contributed by atoms with van der Waals surface area (Å²) in [6, 6.07) is 0.705. The van der Waals surface area contributed by atoms with Crippen molar-refractivity contribution in [3.05, 3.63) is 0 Å². The van der Waals surface area contributed by atoms with Gasteiger partial charge in [-0.3, -0.25) is 0 Å². The first kappa shape index (κ1) is 14.9. The smallest absolute Gasteiger partial charge is 0.0701 e. The Morgan fingerprint density at radius 3 is 2.35 bits per heavy atom. The molecule has 0 spiro atoms. The lowest BCUT2D eigenvalue weighted by molar-refractivity contribution is 0.0251. The van der Waals surface area contributed by atoms with E-state index in [1.165, 1.54) is 19.3 Å². The molecule has 4 heteroatoms. The summed E-state index contributed by atoms with van der Waals surface area (Å²) >= 11 is 0. The zero-order valence-corrected chi connectivity index (χ0v) is 11.2. The van der Waals surface area contributed by atoms with Crippen molar-refractivity contribution in [1.29, 1.82) is 0 Å². The van der Waals surface area contributed by atoms with Crippen molar-refractivity contribution < 1.29 is 14.2 Å². The van der Waals surface area contributed by atoms with Gasteiger partial charge in [0.25, 0.3) is 0 Å². The second-order valence-electron chi connectivity index (χ2n) is 4.69. The fourth-order valence-electron chi connectivity index (χ4n) is 2.23. The molecule has 2 atom stereocenters. The molecule has 1 fully saturated rings. The molecule has 4 nitrogen and oxygen atoms in total. The Kier molecular flexibility index (Phi) is 8.61. The summed E-state index contributed by atoms with van der Waals surface area (Å²) in [5.41, 5.74) is 0. The second-order valence-corrected chi connectivity index (χ2v) is 4.69. The Bertz CT molecular complexity index is 178. The maximum atomic E-state index is 5.48. The van der Waals surface area contributed by atoms with Gasteiger partial charge in [0, 0.05) is 19.7 Å². The van der Waals surface area contributed by atoms with Crippen molar-refractivity contribution in [2.45, 2.75) is 32.2 Å². The normalized spacial score (nSPS) is 24.4. The first-order valence-electron chi connectivity index (χ1n) is 6.72. The molecule has 0 aliphatic heterocycles. The van der Waals surface area contributed by atoms with Crippen molar-refractivity contribution in [2.24, 2.45) is 5.92 Å². The minimum absolute atomic E-state index is 0.650. The van der Waals surface area contributed by atoms with Crippen LogP contribution in [0.15, 0.2) is 0 Å². The molecule has 2 unspecified atom stereocenters. The molecule has 1 aliphatic rings. The molecule has 1 saturated carbocycles. The summed E-state index contributed by atoms with van der Waals surface area (Å²) in [7, 11) is 1.68. The third-order valence-corrected chi connectivity index (χ3v) is 3.32. The molecule has 102 valence electrons. The lowest BCUT2D eigenvalue weighted by Gasteiger charge is -2.17. The average molecular weight is 245 g/mol. The molecular weight excluding hydrogens is 218 g/mol. The molecule has 1 rings (SSSR count). The number of methoxy groups -OCH3 is 1. The van der Waals surface area contributed by atoms with E-state index >= 15 is 0 Å². The van der Waals surface area contributed by atoms with Gasteiger partial charge in [-0.1, -0.05) is 13.3 Å². The lowest BCUT2D eigenvalue weighted by Crippen LogP contribution is -2.33. The van der Waals surface area contributed by atoms with Crippen molar-refractivity contribution in [2.75, 3.05) is 46.7 Å². The van der Waals surface area contributed by atoms with Crippen LogP contribution >= 0.6 is 0 Å². The van der Waals surface area contributed by atoms with Crippen LogP contribution in [0, 0.1) is 5.92 Å². The highest BCUT2D eigenvalue weighted by Gasteiger charge is 2.21. The molecule has 0 radical (unpaired) electrons. The number of hydrogen-bond donors (Lipinski definition) is 1. The van der Waals surface area contributed by atoms with Crippen LogP contribution in [0.25, 0.3) is 0 Å². The number of hydrogen-bond acceptors (Lipinski definition) is 4. The van der Waals surface area contributed by atoms with Crippen LogP contribution in [0.4, 0.5) is 0 Å². The van der Waals surface area contributed by atoms with E-state index in [0.717, 1.165) is 19.1 Å². The van der Waals surface area contributed by atoms with E-state index in [2.05, 4.69) is 12.2 Å². The summed E-state index contributed by atoms with van der Waals surface area (Å²) in [6.07, 6.45) is 4.06. The van der Waals surface area contributed by atoms with Gasteiger partial charge in [-0.25, -0.2) is 0 Å². The highest BCUT2D eigenvalue weighted by Crippen LogP contribution is 2.24. The van der Waals surface area contributed by atoms with E-state index in [1.807, 2.05) is 0 Å². The predicted octanol–water partition coefficient (Wildman–Crippen LogP) is 1.44. The zero-order valence-electron chi connectivity index (χ0n) is 11.2. The molecule has 17 heavy (non-hydrogen) atoms. The van der Waals surface area contributed by atoms with Crippen LogP contribution in [0.2, 0.25) is 0 Å². The Morgan fingerprint density at radius 1 is 1.00 bits per heavy atom. The fraction of sp³-hybridized carbons (Fsp3) is 1.00. The van der Waals surface area contributed by atoms with Gasteiger partial charge in [-0.05, 0) is 18.8 Å². The lowest BCUT2D eigenvalue weighted by atomic mass is 10.1. The molecule has 0 aromatic rings. The van der Waals surface area contributed by atoms with Gasteiger partial charge < -0.3 is 19.5 Å². The van der Waals surface area contributed by atoms with Crippen LogP contribution in [0.5, 0.6) is 0 Å². The largest absolute Gasteiger partial charge is 0.382 e. The number of nitrogens with one attached hydrogen (secondary N) is 1. The van der Waals surface area contributed by atoms with Crippen LogP contribution in [-0.2, 0) is 14.2 Å². The summed E-state index contributed by atoms with van der Waals surface area (Å²) in [5.74, 6) is 0.826. The maximum Gasteiger partial charge on any atom is 0.0701 e. The number of ether oxygens (including phenoxy) is 3. The monoisotopic (exact) mass is 245 g/mol. The van der Waals surface area contributed by atoms with Gasteiger partial charge in [0.15, 0.2) is 0 Å². The van der Waals surface area contributed by atoms with Crippen molar-refractivity contribution >= 4 is 0 Å². The van der Waals surface area contributed by atoms with E-state index in [9.17, 15) is 0 Å². The molecule has 0 heterocycles. The third-order valence-electron chi connectivity index (χ3n) is 3.32. The fourth-order valence-corrected chi connectivity index (χ4v) is 2.23. The van der Waals surface area contributed by atoms with Gasteiger partial charge >= 0.3 is 0 Å². The van der Waals surface area contributed by atoms with Crippen LogP contribution in [0.3, 0.4) is 0 Å². The SMILES string of the molecule is COCCOCCOCCNC1CCCC1C. The van der Waals surface area contributed by atoms with Crippen molar-refractivity contribution in [3.63, 3.8) is 0 Å². The van der Waals surface area contributed by atoms with E-state index in [4.69, 9.17) is 14.2 Å². The topological polar surface area (TPSA) is 39.7 Å². The first-order chi connectivity index (χ1) is 8.34. The summed E-state index contributed by atoms with van der Waals surface area (Å²) in [4.78, 5) is 0. The average Bonchev–Trinajstić information content (AvgIpc) is 2.73. The minimum atomic E-state index is 0.650. The molecular formula is C13H27NO3. The van der Waals surface area contributed by atoms with E-state index in [1.54, 1.807) is 7.11 Å². The Labute approximate surface area is 105 Å². The van der Waals surface area contributed by atoms with Gasteiger partial charge in [0.05, 0.1) is 33.0 Å². The van der Waals surface area contributed by atoms with E-state index in [-0.39, 0.29) is 0 Å². The molecule has 1 aliphatic carbocycles. The van der Waals surface area contributed by atoms with Crippen molar-refractivity contribution in [1.82, 2.24) is 5.32 Å². The van der Waals surface area contributed by atoms with Gasteiger partial charge in [0.2, 0.25) is 0 Å². The summed E-state index contributed by atoms with van der Waals surface area (Å²) < 4.78 is 15.7. The molecule has 0 bridgehead atoms. The molecule has 0 aromatic carbocycles. The first-order valence-corrected chi connectivity index (χ1v) is 6.72. The Morgan fingerprint density at radius 2 is 1.71 bits per heavy atom. The Balaban J connectivity index is 1.78. The van der Waals surface area contributed by atoms with Gasteiger partial charge in [-0.15, -0.1) is 0 Å². The van der Waals surface area contributed by atoms with Crippen LogP contribution < -0.4 is 5.32 Å². The molecule has 0 saturated heterocycles. The second kappa shape index (κ2) is 9.83. The zero-order chi connectivity index (χ0) is 12.3. The Hall–Kier alpha value is -0.160. The van der Waals surface area contributed by atoms with Gasteiger partial charge in [-0.2, -0.15) is 0 Å². The third kappa shape index (κ3) is 6.99. The molecule has 0 amide bonds. The highest BCUT2D eigenvalue weighted by atomic mass is 16.5. The van der Waals surface area contributed by atoms with Crippen LogP contribution in [-0.4, -0.2) is 52.7 Å². The van der Waals surface area contributed by atoms with Gasteiger partial charge in [0.1, 0.15) is 0 Å². The summed E-state index contributed by atoms with van der Waals surface area (Å²) in [5, 5.41) is 3.56.